The summed E-state index contributed by atoms with van der Waals surface area (Å²) in [5.41, 5.74) is 0.496. The third-order valence-electron chi connectivity index (χ3n) is 3.73. The van der Waals surface area contributed by atoms with E-state index in [4.69, 9.17) is 0 Å². The lowest BCUT2D eigenvalue weighted by Crippen LogP contribution is -2.21. The summed E-state index contributed by atoms with van der Waals surface area (Å²) in [4.78, 5) is 8.65. The predicted octanol–water partition coefficient (Wildman–Crippen LogP) is 2.76. The molecule has 1 aliphatic rings. The van der Waals surface area contributed by atoms with Crippen LogP contribution in [0.1, 0.15) is 33.6 Å². The summed E-state index contributed by atoms with van der Waals surface area (Å²) >= 11 is 0. The summed E-state index contributed by atoms with van der Waals surface area (Å²) in [6, 6.07) is 0. The summed E-state index contributed by atoms with van der Waals surface area (Å²) in [5, 5.41) is 6.58. The Hall–Kier alpha value is -1.32. The molecule has 0 bridgehead atoms. The number of rotatable bonds is 6. The van der Waals surface area contributed by atoms with E-state index in [1.165, 1.54) is 12.8 Å². The molecule has 1 heterocycles. The van der Waals surface area contributed by atoms with Gasteiger partial charge in [0.2, 0.25) is 0 Å². The van der Waals surface area contributed by atoms with Gasteiger partial charge in [-0.2, -0.15) is 0 Å². The lowest BCUT2D eigenvalue weighted by molar-refractivity contribution is 0.380. The Morgan fingerprint density at radius 3 is 2.41 bits per heavy atom. The van der Waals surface area contributed by atoms with Gasteiger partial charge >= 0.3 is 0 Å². The van der Waals surface area contributed by atoms with Crippen LogP contribution in [0.15, 0.2) is 12.4 Å². The van der Waals surface area contributed by atoms with E-state index < -0.39 is 0 Å². The lowest BCUT2D eigenvalue weighted by Gasteiger charge is -2.20. The fourth-order valence-corrected chi connectivity index (χ4v) is 2.10. The molecule has 4 nitrogen and oxygen atoms in total. The molecule has 0 spiro atoms. The minimum absolute atomic E-state index is 0.496. The van der Waals surface area contributed by atoms with Crippen LogP contribution in [0.4, 0.5) is 11.6 Å². The third kappa shape index (κ3) is 2.87. The summed E-state index contributed by atoms with van der Waals surface area (Å²) in [6.45, 7) is 8.54. The topological polar surface area (TPSA) is 49.8 Å². The second-order valence-electron chi connectivity index (χ2n) is 5.19. The van der Waals surface area contributed by atoms with E-state index in [-0.39, 0.29) is 0 Å². The van der Waals surface area contributed by atoms with Gasteiger partial charge in [-0.1, -0.05) is 13.8 Å². The molecule has 0 aliphatic heterocycles. The zero-order valence-electron chi connectivity index (χ0n) is 11.0. The monoisotopic (exact) mass is 234 g/mol. The molecule has 1 aromatic heterocycles. The molecule has 1 aliphatic carbocycles. The molecule has 1 saturated carbocycles. The molecule has 2 N–H and O–H groups in total. The van der Waals surface area contributed by atoms with E-state index in [2.05, 4.69) is 41.4 Å². The van der Waals surface area contributed by atoms with Crippen LogP contribution >= 0.6 is 0 Å². The molecule has 1 aromatic rings. The van der Waals surface area contributed by atoms with Crippen molar-refractivity contribution in [2.24, 2.45) is 11.3 Å². The molecule has 4 heteroatoms. The maximum Gasteiger partial charge on any atom is 0.146 e. The van der Waals surface area contributed by atoms with Gasteiger partial charge in [-0.05, 0) is 31.1 Å². The second kappa shape index (κ2) is 4.90. The molecule has 0 saturated heterocycles. The molecule has 94 valence electrons. The largest absolute Gasteiger partial charge is 0.369 e. The smallest absolute Gasteiger partial charge is 0.146 e. The second-order valence-corrected chi connectivity index (χ2v) is 5.19. The molecule has 2 rings (SSSR count). The van der Waals surface area contributed by atoms with E-state index in [0.717, 1.165) is 30.6 Å². The van der Waals surface area contributed by atoms with Gasteiger partial charge in [0.1, 0.15) is 11.6 Å². The van der Waals surface area contributed by atoms with Crippen LogP contribution in [-0.4, -0.2) is 23.1 Å². The van der Waals surface area contributed by atoms with Crippen LogP contribution in [0.2, 0.25) is 0 Å². The standard InChI is InChI=1S/C13H22N4/c1-4-15-11-7-14-8-12(17-11)16-9-13(5-6-13)10(2)3/h7-8,10H,4-6,9H2,1-3H3,(H2,15,16,17). The number of anilines is 2. The summed E-state index contributed by atoms with van der Waals surface area (Å²) in [7, 11) is 0. The van der Waals surface area contributed by atoms with Crippen molar-refractivity contribution in [2.45, 2.75) is 33.6 Å². The zero-order valence-corrected chi connectivity index (χ0v) is 11.0. The van der Waals surface area contributed by atoms with E-state index >= 15 is 0 Å². The van der Waals surface area contributed by atoms with Crippen LogP contribution in [-0.2, 0) is 0 Å². The minimum Gasteiger partial charge on any atom is -0.369 e. The first kappa shape index (κ1) is 12.1. The van der Waals surface area contributed by atoms with Crippen molar-refractivity contribution in [1.82, 2.24) is 9.97 Å². The quantitative estimate of drug-likeness (QED) is 0.794. The first-order valence-electron chi connectivity index (χ1n) is 6.46. The summed E-state index contributed by atoms with van der Waals surface area (Å²) in [5.74, 6) is 2.45. The predicted molar refractivity (Wildman–Crippen MR) is 71.2 cm³/mol. The Labute approximate surface area is 103 Å². The van der Waals surface area contributed by atoms with E-state index in [1.54, 1.807) is 12.4 Å². The molecule has 0 atom stereocenters. The van der Waals surface area contributed by atoms with Crippen LogP contribution < -0.4 is 10.6 Å². The molecular weight excluding hydrogens is 212 g/mol. The van der Waals surface area contributed by atoms with Crippen LogP contribution in [0, 0.1) is 11.3 Å². The first-order valence-corrected chi connectivity index (χ1v) is 6.46. The maximum atomic E-state index is 4.47. The number of hydrogen-bond acceptors (Lipinski definition) is 4. The number of nitrogens with one attached hydrogen (secondary N) is 2. The third-order valence-corrected chi connectivity index (χ3v) is 3.73. The lowest BCUT2D eigenvalue weighted by atomic mass is 9.92. The molecule has 1 fully saturated rings. The van der Waals surface area contributed by atoms with Gasteiger partial charge < -0.3 is 10.6 Å². The van der Waals surface area contributed by atoms with Gasteiger partial charge in [0.15, 0.2) is 0 Å². The van der Waals surface area contributed by atoms with Crippen LogP contribution in [0.25, 0.3) is 0 Å². The van der Waals surface area contributed by atoms with Gasteiger partial charge in [0.25, 0.3) is 0 Å². The fraction of sp³-hybridized carbons (Fsp3) is 0.692. The van der Waals surface area contributed by atoms with Crippen LogP contribution in [0.3, 0.4) is 0 Å². The fourth-order valence-electron chi connectivity index (χ4n) is 2.10. The number of aromatic nitrogens is 2. The normalized spacial score (nSPS) is 16.9. The van der Waals surface area contributed by atoms with Crippen molar-refractivity contribution in [1.29, 1.82) is 0 Å². The molecule has 0 aromatic carbocycles. The highest BCUT2D eigenvalue weighted by atomic mass is 15.1. The highest BCUT2D eigenvalue weighted by Crippen LogP contribution is 2.51. The summed E-state index contributed by atoms with van der Waals surface area (Å²) < 4.78 is 0. The minimum atomic E-state index is 0.496. The number of hydrogen-bond donors (Lipinski definition) is 2. The van der Waals surface area contributed by atoms with Crippen molar-refractivity contribution in [3.63, 3.8) is 0 Å². The van der Waals surface area contributed by atoms with Gasteiger partial charge in [-0.15, -0.1) is 0 Å². The Bertz CT molecular complexity index is 371. The van der Waals surface area contributed by atoms with E-state index in [1.807, 2.05) is 0 Å². The van der Waals surface area contributed by atoms with Crippen LogP contribution in [0.5, 0.6) is 0 Å². The van der Waals surface area contributed by atoms with E-state index in [9.17, 15) is 0 Å². The Morgan fingerprint density at radius 2 is 1.88 bits per heavy atom. The SMILES string of the molecule is CCNc1cncc(NCC2(C(C)C)CC2)n1. The van der Waals surface area contributed by atoms with Crippen molar-refractivity contribution in [3.05, 3.63) is 12.4 Å². The first-order chi connectivity index (χ1) is 8.16. The molecule has 0 unspecified atom stereocenters. The Balaban J connectivity index is 1.93. The van der Waals surface area contributed by atoms with Crippen molar-refractivity contribution < 1.29 is 0 Å². The molecule has 0 radical (unpaired) electrons. The van der Waals surface area contributed by atoms with Gasteiger partial charge in [0, 0.05) is 13.1 Å². The highest BCUT2D eigenvalue weighted by molar-refractivity contribution is 5.41. The van der Waals surface area contributed by atoms with Crippen molar-refractivity contribution in [2.75, 3.05) is 23.7 Å². The molecule has 17 heavy (non-hydrogen) atoms. The van der Waals surface area contributed by atoms with Gasteiger partial charge in [-0.25, -0.2) is 4.98 Å². The zero-order chi connectivity index (χ0) is 12.3. The van der Waals surface area contributed by atoms with Crippen molar-refractivity contribution >= 4 is 11.6 Å². The van der Waals surface area contributed by atoms with Gasteiger partial charge in [-0.3, -0.25) is 4.98 Å². The van der Waals surface area contributed by atoms with E-state index in [0.29, 0.717) is 5.41 Å². The van der Waals surface area contributed by atoms with Crippen molar-refractivity contribution in [3.8, 4) is 0 Å². The molecular formula is C13H22N4. The average Bonchev–Trinajstić information content (AvgIpc) is 3.08. The Morgan fingerprint density at radius 1 is 1.24 bits per heavy atom. The maximum absolute atomic E-state index is 4.47. The highest BCUT2D eigenvalue weighted by Gasteiger charge is 2.44. The number of nitrogens with zero attached hydrogens (tertiary/aromatic N) is 2. The van der Waals surface area contributed by atoms with Gasteiger partial charge in [0.05, 0.1) is 12.4 Å². The summed E-state index contributed by atoms with van der Waals surface area (Å²) in [6.07, 6.45) is 6.21. The Kier molecular flexibility index (Phi) is 3.50. The molecule has 0 amide bonds. The average molecular weight is 234 g/mol.